The lowest BCUT2D eigenvalue weighted by Gasteiger charge is -2.20. The van der Waals surface area contributed by atoms with Gasteiger partial charge in [-0.25, -0.2) is 0 Å². The molecule has 0 aromatic heterocycles. The fourth-order valence-electron chi connectivity index (χ4n) is 1.47. The van der Waals surface area contributed by atoms with Crippen LogP contribution in [0.5, 0.6) is 0 Å². The molecule has 3 N–H and O–H groups in total. The zero-order valence-corrected chi connectivity index (χ0v) is 7.94. The molecule has 1 rings (SSSR count). The van der Waals surface area contributed by atoms with Gasteiger partial charge in [0.05, 0.1) is 19.8 Å². The molecule has 1 aliphatic rings. The standard InChI is InChI=1S/C8H17N3O2/c1-7-4-11(2-3-13-6-7)5-8(9)10-12/h7,12H,2-6H2,1H3,(H2,9,10). The van der Waals surface area contributed by atoms with Crippen molar-refractivity contribution in [2.24, 2.45) is 16.8 Å². The molecule has 0 saturated carbocycles. The number of hydrogen-bond acceptors (Lipinski definition) is 4. The van der Waals surface area contributed by atoms with Crippen LogP contribution in [0.4, 0.5) is 0 Å². The van der Waals surface area contributed by atoms with E-state index in [9.17, 15) is 0 Å². The minimum Gasteiger partial charge on any atom is -0.409 e. The van der Waals surface area contributed by atoms with Crippen LogP contribution in [0.2, 0.25) is 0 Å². The van der Waals surface area contributed by atoms with E-state index in [1.807, 2.05) is 0 Å². The molecule has 1 fully saturated rings. The summed E-state index contributed by atoms with van der Waals surface area (Å²) in [5.74, 6) is 0.767. The van der Waals surface area contributed by atoms with Crippen molar-refractivity contribution in [1.29, 1.82) is 0 Å². The summed E-state index contributed by atoms with van der Waals surface area (Å²) in [6, 6.07) is 0. The smallest absolute Gasteiger partial charge is 0.153 e. The summed E-state index contributed by atoms with van der Waals surface area (Å²) in [6.07, 6.45) is 0. The highest BCUT2D eigenvalue weighted by Crippen LogP contribution is 2.04. The van der Waals surface area contributed by atoms with Gasteiger partial charge in [-0.1, -0.05) is 12.1 Å². The summed E-state index contributed by atoms with van der Waals surface area (Å²) in [7, 11) is 0. The van der Waals surface area contributed by atoms with Crippen molar-refractivity contribution in [3.63, 3.8) is 0 Å². The Bertz CT molecular complexity index is 184. The highest BCUT2D eigenvalue weighted by Gasteiger charge is 2.15. The molecule has 0 spiro atoms. The lowest BCUT2D eigenvalue weighted by Crippen LogP contribution is -2.37. The molecule has 0 aromatic carbocycles. The first-order chi connectivity index (χ1) is 6.22. The normalized spacial score (nSPS) is 27.2. The molecular weight excluding hydrogens is 170 g/mol. The van der Waals surface area contributed by atoms with Crippen molar-refractivity contribution in [2.45, 2.75) is 6.92 Å². The van der Waals surface area contributed by atoms with Gasteiger partial charge in [-0.3, -0.25) is 4.90 Å². The Labute approximate surface area is 78.1 Å². The number of amidine groups is 1. The third-order valence-corrected chi connectivity index (χ3v) is 2.04. The SMILES string of the molecule is CC1COCCN(C/C(N)=N/O)C1. The van der Waals surface area contributed by atoms with E-state index in [1.54, 1.807) is 0 Å². The maximum atomic E-state index is 8.41. The third-order valence-electron chi connectivity index (χ3n) is 2.04. The molecule has 0 aromatic rings. The molecule has 0 amide bonds. The van der Waals surface area contributed by atoms with E-state index in [-0.39, 0.29) is 5.84 Å². The second-order valence-electron chi connectivity index (χ2n) is 3.51. The molecule has 0 radical (unpaired) electrons. The Balaban J connectivity index is 2.39. The van der Waals surface area contributed by atoms with Gasteiger partial charge in [0.1, 0.15) is 0 Å². The van der Waals surface area contributed by atoms with Gasteiger partial charge in [0, 0.05) is 13.1 Å². The van der Waals surface area contributed by atoms with Gasteiger partial charge in [-0.05, 0) is 5.92 Å². The summed E-state index contributed by atoms with van der Waals surface area (Å²) in [5.41, 5.74) is 5.42. The molecule has 0 bridgehead atoms. The zero-order chi connectivity index (χ0) is 9.68. The van der Waals surface area contributed by atoms with Gasteiger partial charge in [0.25, 0.3) is 0 Å². The molecule has 5 heteroatoms. The van der Waals surface area contributed by atoms with Gasteiger partial charge < -0.3 is 15.7 Å². The molecular formula is C8H17N3O2. The number of oxime groups is 1. The van der Waals surface area contributed by atoms with E-state index < -0.39 is 0 Å². The maximum Gasteiger partial charge on any atom is 0.153 e. The van der Waals surface area contributed by atoms with Crippen molar-refractivity contribution >= 4 is 5.84 Å². The number of rotatable bonds is 2. The van der Waals surface area contributed by atoms with E-state index in [1.165, 1.54) is 0 Å². The second kappa shape index (κ2) is 5.04. The van der Waals surface area contributed by atoms with Crippen molar-refractivity contribution in [1.82, 2.24) is 4.90 Å². The van der Waals surface area contributed by atoms with Crippen LogP contribution < -0.4 is 5.73 Å². The van der Waals surface area contributed by atoms with E-state index in [2.05, 4.69) is 17.0 Å². The molecule has 76 valence electrons. The average Bonchev–Trinajstić information content (AvgIpc) is 2.30. The van der Waals surface area contributed by atoms with E-state index >= 15 is 0 Å². The van der Waals surface area contributed by atoms with Crippen LogP contribution in [0, 0.1) is 5.92 Å². The van der Waals surface area contributed by atoms with Crippen molar-refractivity contribution in [2.75, 3.05) is 32.8 Å². The molecule has 13 heavy (non-hydrogen) atoms. The van der Waals surface area contributed by atoms with Crippen LogP contribution in [0.15, 0.2) is 5.16 Å². The van der Waals surface area contributed by atoms with E-state index in [0.717, 1.165) is 26.3 Å². The number of ether oxygens (including phenoxy) is 1. The summed E-state index contributed by atoms with van der Waals surface area (Å²) >= 11 is 0. The van der Waals surface area contributed by atoms with E-state index in [0.29, 0.717) is 12.5 Å². The quantitative estimate of drug-likeness (QED) is 0.269. The Morgan fingerprint density at radius 3 is 3.23 bits per heavy atom. The Kier molecular flexibility index (Phi) is 3.98. The molecule has 1 unspecified atom stereocenters. The number of nitrogens with two attached hydrogens (primary N) is 1. The number of nitrogens with zero attached hydrogens (tertiary/aromatic N) is 2. The largest absolute Gasteiger partial charge is 0.409 e. The first-order valence-electron chi connectivity index (χ1n) is 4.49. The summed E-state index contributed by atoms with van der Waals surface area (Å²) in [5, 5.41) is 11.4. The van der Waals surface area contributed by atoms with Crippen LogP contribution in [0.1, 0.15) is 6.92 Å². The lowest BCUT2D eigenvalue weighted by atomic mass is 10.2. The fraction of sp³-hybridized carbons (Fsp3) is 0.875. The van der Waals surface area contributed by atoms with Gasteiger partial charge in [0.15, 0.2) is 5.84 Å². The van der Waals surface area contributed by atoms with Crippen molar-refractivity contribution in [3.05, 3.63) is 0 Å². The van der Waals surface area contributed by atoms with Crippen LogP contribution in [0.25, 0.3) is 0 Å². The molecule has 1 heterocycles. The van der Waals surface area contributed by atoms with Gasteiger partial charge in [-0.15, -0.1) is 0 Å². The third kappa shape index (κ3) is 3.61. The zero-order valence-electron chi connectivity index (χ0n) is 7.94. The average molecular weight is 187 g/mol. The maximum absolute atomic E-state index is 8.41. The highest BCUT2D eigenvalue weighted by molar-refractivity contribution is 5.81. The Hall–Kier alpha value is -0.810. The molecule has 5 nitrogen and oxygen atoms in total. The van der Waals surface area contributed by atoms with E-state index in [4.69, 9.17) is 15.7 Å². The van der Waals surface area contributed by atoms with Gasteiger partial charge in [0.2, 0.25) is 0 Å². The topological polar surface area (TPSA) is 71.1 Å². The first kappa shape index (κ1) is 10.3. The van der Waals surface area contributed by atoms with Crippen molar-refractivity contribution in [3.8, 4) is 0 Å². The monoisotopic (exact) mass is 187 g/mol. The second-order valence-corrected chi connectivity index (χ2v) is 3.51. The van der Waals surface area contributed by atoms with Crippen LogP contribution in [-0.2, 0) is 4.74 Å². The molecule has 1 aliphatic heterocycles. The van der Waals surface area contributed by atoms with Crippen molar-refractivity contribution < 1.29 is 9.94 Å². The predicted molar refractivity (Wildman–Crippen MR) is 49.8 cm³/mol. The minimum atomic E-state index is 0.258. The highest BCUT2D eigenvalue weighted by atomic mass is 16.5. The molecule has 1 atom stereocenters. The number of hydrogen-bond donors (Lipinski definition) is 2. The summed E-state index contributed by atoms with van der Waals surface area (Å²) < 4.78 is 5.37. The van der Waals surface area contributed by atoms with Crippen LogP contribution >= 0.6 is 0 Å². The first-order valence-corrected chi connectivity index (χ1v) is 4.49. The molecule has 1 saturated heterocycles. The van der Waals surface area contributed by atoms with Gasteiger partial charge >= 0.3 is 0 Å². The predicted octanol–water partition coefficient (Wildman–Crippen LogP) is -0.299. The van der Waals surface area contributed by atoms with Gasteiger partial charge in [-0.2, -0.15) is 0 Å². The lowest BCUT2D eigenvalue weighted by molar-refractivity contribution is 0.126. The molecule has 0 aliphatic carbocycles. The Morgan fingerprint density at radius 1 is 1.77 bits per heavy atom. The Morgan fingerprint density at radius 2 is 2.54 bits per heavy atom. The summed E-state index contributed by atoms with van der Waals surface area (Å²) in [6.45, 7) is 5.96. The van der Waals surface area contributed by atoms with Crippen LogP contribution in [-0.4, -0.2) is 48.8 Å². The minimum absolute atomic E-state index is 0.258. The fourth-order valence-corrected chi connectivity index (χ4v) is 1.47. The van der Waals surface area contributed by atoms with Crippen LogP contribution in [0.3, 0.4) is 0 Å². The summed E-state index contributed by atoms with van der Waals surface area (Å²) in [4.78, 5) is 2.13.